The summed E-state index contributed by atoms with van der Waals surface area (Å²) < 4.78 is 24.5. The number of ether oxygens (including phenoxy) is 3. The van der Waals surface area contributed by atoms with Gasteiger partial charge in [0.2, 0.25) is 0 Å². The fourth-order valence-electron chi connectivity index (χ4n) is 3.17. The Hall–Kier alpha value is -1.95. The molecule has 31 heavy (non-hydrogen) atoms. The highest BCUT2D eigenvalue weighted by Gasteiger charge is 2.42. The van der Waals surface area contributed by atoms with E-state index in [2.05, 4.69) is 38.8 Å². The quantitative estimate of drug-likeness (QED) is 0.445. The molecule has 1 aromatic rings. The van der Waals surface area contributed by atoms with Crippen molar-refractivity contribution in [2.75, 3.05) is 18.9 Å². The molecule has 0 spiro atoms. The van der Waals surface area contributed by atoms with E-state index in [9.17, 15) is 9.59 Å². The number of nitrogens with two attached hydrogens (primary N) is 2. The number of imidazole rings is 1. The van der Waals surface area contributed by atoms with Crippen molar-refractivity contribution in [2.45, 2.75) is 83.7 Å². The molecule has 10 nitrogen and oxygen atoms in total. The van der Waals surface area contributed by atoms with E-state index < -0.39 is 44.8 Å². The molecular formula is C20H36N4O6Si. The van der Waals surface area contributed by atoms with Crippen LogP contribution in [-0.2, 0) is 28.2 Å². The number of nitrogen functional groups attached to an aromatic ring is 1. The first-order valence-electron chi connectivity index (χ1n) is 10.4. The van der Waals surface area contributed by atoms with Crippen LogP contribution in [0.4, 0.5) is 5.82 Å². The Morgan fingerprint density at radius 1 is 1.32 bits per heavy atom. The van der Waals surface area contributed by atoms with Crippen LogP contribution < -0.4 is 11.5 Å². The molecule has 176 valence electrons. The maximum absolute atomic E-state index is 11.5. The molecule has 1 aliphatic rings. The molecule has 0 amide bonds. The van der Waals surface area contributed by atoms with E-state index in [1.807, 2.05) is 0 Å². The number of carbonyl (C=O) groups excluding carboxylic acids is 2. The summed E-state index contributed by atoms with van der Waals surface area (Å²) in [6.07, 6.45) is -0.215. The summed E-state index contributed by atoms with van der Waals surface area (Å²) >= 11 is 0. The van der Waals surface area contributed by atoms with E-state index in [1.165, 1.54) is 13.8 Å². The van der Waals surface area contributed by atoms with E-state index in [1.54, 1.807) is 10.9 Å². The first-order chi connectivity index (χ1) is 14.3. The summed E-state index contributed by atoms with van der Waals surface area (Å²) in [6.45, 7) is 13.6. The first kappa shape index (κ1) is 25.3. The summed E-state index contributed by atoms with van der Waals surface area (Å²) in [7, 11) is -2.10. The van der Waals surface area contributed by atoms with E-state index >= 15 is 0 Å². The van der Waals surface area contributed by atoms with Crippen LogP contribution in [0.3, 0.4) is 0 Å². The molecule has 1 saturated heterocycles. The number of nitrogens with zero attached hydrogens (tertiary/aromatic N) is 2. The summed E-state index contributed by atoms with van der Waals surface area (Å²) in [5.74, 6) is -0.493. The van der Waals surface area contributed by atoms with E-state index in [-0.39, 0.29) is 18.2 Å². The molecule has 2 rings (SSSR count). The normalized spacial score (nSPS) is 22.9. The van der Waals surface area contributed by atoms with E-state index in [4.69, 9.17) is 30.1 Å². The van der Waals surface area contributed by atoms with Crippen molar-refractivity contribution in [1.29, 1.82) is 0 Å². The first-order valence-corrected chi connectivity index (χ1v) is 13.3. The highest BCUT2D eigenvalue weighted by molar-refractivity contribution is 6.74. The third-order valence-electron chi connectivity index (χ3n) is 5.88. The number of aromatic nitrogens is 2. The van der Waals surface area contributed by atoms with Crippen molar-refractivity contribution in [2.24, 2.45) is 5.73 Å². The van der Waals surface area contributed by atoms with Crippen molar-refractivity contribution >= 4 is 26.1 Å². The molecule has 4 atom stereocenters. The Morgan fingerprint density at radius 2 is 1.97 bits per heavy atom. The minimum atomic E-state index is -2.10. The Kier molecular flexibility index (Phi) is 7.90. The molecular weight excluding hydrogens is 420 g/mol. The van der Waals surface area contributed by atoms with Gasteiger partial charge in [-0.15, -0.1) is 0 Å². The number of carbonyl (C=O) groups is 2. The number of rotatable bonds is 8. The van der Waals surface area contributed by atoms with Gasteiger partial charge in [0.15, 0.2) is 8.32 Å². The van der Waals surface area contributed by atoms with Crippen LogP contribution in [0.2, 0.25) is 18.1 Å². The molecule has 1 aliphatic heterocycles. The van der Waals surface area contributed by atoms with Crippen LogP contribution in [0.15, 0.2) is 6.33 Å². The smallest absolute Gasteiger partial charge is 0.303 e. The lowest BCUT2D eigenvalue weighted by Gasteiger charge is -2.38. The van der Waals surface area contributed by atoms with Gasteiger partial charge in [-0.1, -0.05) is 20.8 Å². The van der Waals surface area contributed by atoms with Crippen LogP contribution in [-0.4, -0.2) is 55.2 Å². The van der Waals surface area contributed by atoms with Gasteiger partial charge < -0.3 is 30.1 Å². The molecule has 0 radical (unpaired) electrons. The molecule has 2 unspecified atom stereocenters. The SMILES string of the molecule is CC(=O)OC[C@H]1OC(n2cnc([C@H](CN)O[Si](C)(C)C(C)(C)C)c2N)CC1OC(C)=O. The van der Waals surface area contributed by atoms with Crippen molar-refractivity contribution in [3.8, 4) is 0 Å². The standard InChI is InChI=1S/C20H36N4O6Si/c1-12(25)27-10-16-14(28-13(2)26)8-17(29-16)24-11-23-18(19(24)22)15(9-21)30-31(6,7)20(3,4)5/h11,14-17H,8-10,21-22H2,1-7H3/t14?,15-,16+,17?/m0/s1. The van der Waals surface area contributed by atoms with Crippen LogP contribution in [0.25, 0.3) is 0 Å². The van der Waals surface area contributed by atoms with Gasteiger partial charge in [-0.2, -0.15) is 0 Å². The number of anilines is 1. The molecule has 0 bridgehead atoms. The van der Waals surface area contributed by atoms with Crippen molar-refractivity contribution in [3.05, 3.63) is 12.0 Å². The van der Waals surface area contributed by atoms with Crippen LogP contribution >= 0.6 is 0 Å². The molecule has 0 saturated carbocycles. The van der Waals surface area contributed by atoms with E-state index in [0.29, 0.717) is 17.9 Å². The summed E-state index contributed by atoms with van der Waals surface area (Å²) in [4.78, 5) is 27.1. The second-order valence-electron chi connectivity index (χ2n) is 9.34. The molecule has 2 heterocycles. The minimum Gasteiger partial charge on any atom is -0.463 e. The van der Waals surface area contributed by atoms with Gasteiger partial charge >= 0.3 is 11.9 Å². The lowest BCUT2D eigenvalue weighted by atomic mass is 10.2. The second kappa shape index (κ2) is 9.68. The van der Waals surface area contributed by atoms with Crippen LogP contribution in [0.1, 0.15) is 59.1 Å². The molecule has 0 aromatic carbocycles. The van der Waals surface area contributed by atoms with Gasteiger partial charge in [0, 0.05) is 26.8 Å². The Balaban J connectivity index is 2.22. The van der Waals surface area contributed by atoms with Gasteiger partial charge in [-0.25, -0.2) is 4.98 Å². The zero-order valence-electron chi connectivity index (χ0n) is 19.5. The highest BCUT2D eigenvalue weighted by Crippen LogP contribution is 2.41. The molecule has 0 aliphatic carbocycles. The largest absolute Gasteiger partial charge is 0.463 e. The van der Waals surface area contributed by atoms with Gasteiger partial charge in [0.1, 0.15) is 42.7 Å². The van der Waals surface area contributed by atoms with Crippen molar-refractivity contribution < 1.29 is 28.2 Å². The summed E-state index contributed by atoms with van der Waals surface area (Å²) in [6, 6.07) is 0. The summed E-state index contributed by atoms with van der Waals surface area (Å²) in [5, 5.41) is 0.00744. The average molecular weight is 457 g/mol. The fraction of sp³-hybridized carbons (Fsp3) is 0.750. The summed E-state index contributed by atoms with van der Waals surface area (Å²) in [5.41, 5.74) is 13.0. The van der Waals surface area contributed by atoms with Crippen molar-refractivity contribution in [3.63, 3.8) is 0 Å². The fourth-order valence-corrected chi connectivity index (χ4v) is 4.44. The maximum atomic E-state index is 11.5. The number of esters is 2. The highest BCUT2D eigenvalue weighted by atomic mass is 28.4. The maximum Gasteiger partial charge on any atom is 0.303 e. The Bertz CT molecular complexity index is 791. The Labute approximate surface area is 184 Å². The third-order valence-corrected chi connectivity index (χ3v) is 10.4. The number of hydrogen-bond donors (Lipinski definition) is 2. The lowest BCUT2D eigenvalue weighted by Crippen LogP contribution is -2.43. The third kappa shape index (κ3) is 6.06. The van der Waals surface area contributed by atoms with Crippen molar-refractivity contribution in [1.82, 2.24) is 9.55 Å². The minimum absolute atomic E-state index is 0.00744. The van der Waals surface area contributed by atoms with Gasteiger partial charge in [0.25, 0.3) is 0 Å². The second-order valence-corrected chi connectivity index (χ2v) is 14.1. The Morgan fingerprint density at radius 3 is 2.48 bits per heavy atom. The number of hydrogen-bond acceptors (Lipinski definition) is 9. The zero-order valence-corrected chi connectivity index (χ0v) is 20.5. The molecule has 1 aromatic heterocycles. The molecule has 4 N–H and O–H groups in total. The predicted octanol–water partition coefficient (Wildman–Crippen LogP) is 2.27. The lowest BCUT2D eigenvalue weighted by molar-refractivity contribution is -0.155. The van der Waals surface area contributed by atoms with Crippen LogP contribution in [0.5, 0.6) is 0 Å². The predicted molar refractivity (Wildman–Crippen MR) is 117 cm³/mol. The molecule has 1 fully saturated rings. The van der Waals surface area contributed by atoms with Gasteiger partial charge in [-0.05, 0) is 18.1 Å². The average Bonchev–Trinajstić information content (AvgIpc) is 3.19. The molecule has 11 heteroatoms. The van der Waals surface area contributed by atoms with E-state index in [0.717, 1.165) is 0 Å². The van der Waals surface area contributed by atoms with Gasteiger partial charge in [-0.3, -0.25) is 14.2 Å². The van der Waals surface area contributed by atoms with Gasteiger partial charge in [0.05, 0.1) is 6.33 Å². The monoisotopic (exact) mass is 456 g/mol. The zero-order chi connectivity index (χ0) is 23.6. The topological polar surface area (TPSA) is 141 Å². The van der Waals surface area contributed by atoms with Crippen LogP contribution in [0, 0.1) is 0 Å².